The van der Waals surface area contributed by atoms with Crippen molar-refractivity contribution in [2.24, 2.45) is 0 Å². The van der Waals surface area contributed by atoms with Crippen LogP contribution in [0, 0.1) is 18.2 Å². The van der Waals surface area contributed by atoms with E-state index >= 15 is 0 Å². The van der Waals surface area contributed by atoms with Crippen LogP contribution in [-0.2, 0) is 60.3 Å². The SMILES string of the molecule is C[Si]1(C)c2ccc[c-]c2-p2c3ncccc3c3cccc1c32.C[Si]1(C)c2ccc[c-]c2P2c3ncccc3[Si](C)(C)c3cccc1c32.C[Si]1(C)c2cccnc2-p2c3[c-]cccc3c3cccc1c32.[Ir].[Ir].[Ir]. The summed E-state index contributed by atoms with van der Waals surface area (Å²) in [5, 5.41) is 28.4. The van der Waals surface area contributed by atoms with Crippen LogP contribution in [0.2, 0.25) is 52.4 Å². The molecule has 0 saturated heterocycles. The number of hydrogen-bond acceptors (Lipinski definition) is 3. The molecular formula is C59H51Ir3N3P3Si4-3. The molecular weight excluding hydrogens is 1530 g/mol. The van der Waals surface area contributed by atoms with Gasteiger partial charge >= 0.3 is 0 Å². The van der Waals surface area contributed by atoms with E-state index in [4.69, 9.17) is 15.0 Å². The molecule has 3 nitrogen and oxygen atoms in total. The fourth-order valence-electron chi connectivity index (χ4n) is 12.3. The third kappa shape index (κ3) is 7.42. The average Bonchev–Trinajstić information content (AvgIpc) is 3.89. The Bertz CT molecular complexity index is 3730. The Morgan fingerprint density at radius 2 is 0.778 bits per heavy atom. The number of pyridine rings is 3. The van der Waals surface area contributed by atoms with Gasteiger partial charge in [0.15, 0.2) is 0 Å². The summed E-state index contributed by atoms with van der Waals surface area (Å²) in [5.41, 5.74) is 2.68. The zero-order valence-electron chi connectivity index (χ0n) is 41.3. The van der Waals surface area contributed by atoms with E-state index in [-0.39, 0.29) is 60.3 Å². The van der Waals surface area contributed by atoms with Gasteiger partial charge in [0.1, 0.15) is 16.1 Å². The van der Waals surface area contributed by atoms with Crippen molar-refractivity contribution in [3.8, 4) is 10.7 Å². The Kier molecular flexibility index (Phi) is 13.8. The zero-order chi connectivity index (χ0) is 47.2. The number of rotatable bonds is 0. The molecule has 15 rings (SSSR count). The van der Waals surface area contributed by atoms with Crippen LogP contribution in [0.1, 0.15) is 0 Å². The summed E-state index contributed by atoms with van der Waals surface area (Å²) in [7, 11) is -8.31. The molecule has 72 heavy (non-hydrogen) atoms. The number of hydrogen-bond donors (Lipinski definition) is 0. The van der Waals surface area contributed by atoms with Gasteiger partial charge in [0, 0.05) is 89.4 Å². The van der Waals surface area contributed by atoms with Crippen LogP contribution in [0.15, 0.2) is 164 Å². The molecule has 4 aliphatic heterocycles. The molecule has 363 valence electrons. The van der Waals surface area contributed by atoms with Gasteiger partial charge < -0.3 is 0 Å². The Morgan fingerprint density at radius 1 is 0.361 bits per heavy atom. The number of benzene rings is 6. The molecule has 0 aliphatic carbocycles. The molecule has 0 saturated carbocycles. The van der Waals surface area contributed by atoms with E-state index in [2.05, 4.69) is 210 Å². The maximum absolute atomic E-state index is 4.95. The molecule has 3 atom stereocenters. The van der Waals surface area contributed by atoms with Crippen molar-refractivity contribution in [1.82, 2.24) is 15.0 Å². The molecule has 3 radical (unpaired) electrons. The van der Waals surface area contributed by atoms with Crippen molar-refractivity contribution in [1.29, 1.82) is 0 Å². The summed E-state index contributed by atoms with van der Waals surface area (Å²) >= 11 is 0. The molecule has 3 unspecified atom stereocenters. The molecule has 11 aromatic rings. The molecule has 0 spiro atoms. The predicted octanol–water partition coefficient (Wildman–Crippen LogP) is 9.50. The van der Waals surface area contributed by atoms with Gasteiger partial charge in [0.05, 0.1) is 32.3 Å². The first-order valence-electron chi connectivity index (χ1n) is 24.0. The Morgan fingerprint density at radius 3 is 1.46 bits per heavy atom. The van der Waals surface area contributed by atoms with Crippen LogP contribution in [0.4, 0.5) is 0 Å². The van der Waals surface area contributed by atoms with Crippen molar-refractivity contribution in [2.45, 2.75) is 52.4 Å². The van der Waals surface area contributed by atoms with Gasteiger partial charge in [0.25, 0.3) is 0 Å². The summed E-state index contributed by atoms with van der Waals surface area (Å²) in [6.07, 6.45) is 5.88. The van der Waals surface area contributed by atoms with Crippen LogP contribution in [0.3, 0.4) is 0 Å². The first-order valence-corrected chi connectivity index (χ1v) is 40.1. The third-order valence-corrected chi connectivity index (χ3v) is 39.3. The van der Waals surface area contributed by atoms with Crippen molar-refractivity contribution in [3.05, 3.63) is 182 Å². The molecule has 5 aromatic heterocycles. The van der Waals surface area contributed by atoms with Gasteiger partial charge in [-0.3, -0.25) is 15.0 Å². The van der Waals surface area contributed by atoms with Gasteiger partial charge in [-0.25, -0.2) is 0 Å². The summed E-state index contributed by atoms with van der Waals surface area (Å²) in [4.78, 5) is 14.6. The van der Waals surface area contributed by atoms with Gasteiger partial charge in [0.2, 0.25) is 0 Å². The second kappa shape index (κ2) is 19.0. The topological polar surface area (TPSA) is 38.7 Å². The average molecular weight is 1580 g/mol. The Hall–Kier alpha value is -3.38. The van der Waals surface area contributed by atoms with Gasteiger partial charge in [-0.15, -0.1) is 31.5 Å². The number of fused-ring (bicyclic) bond motifs is 14. The van der Waals surface area contributed by atoms with Crippen molar-refractivity contribution in [2.75, 3.05) is 0 Å². The van der Waals surface area contributed by atoms with Crippen LogP contribution in [0.25, 0.3) is 52.9 Å². The van der Waals surface area contributed by atoms with Crippen LogP contribution in [-0.4, -0.2) is 47.2 Å². The normalized spacial score (nSPS) is 17.1. The monoisotopic (exact) mass is 1590 g/mol. The molecule has 13 heteroatoms. The molecule has 4 aliphatic rings. The maximum Gasteiger partial charge on any atom is 0.116 e. The standard InChI is InChI=1S/C21H21NPSi2.2C19H15NPSi.3Ir/c1-24(2)16-10-6-5-9-15(16)23-20-17(24)11-7-12-18(20)25(3,4)19-13-8-14-22-21(19)23;1-22(2)16-10-4-3-9-15(16)21-18-13(7-5-11-17(18)22)14-8-6-12-20-19(14)21;1-22(2)16-10-5-8-14-13-7-3-4-9-15(13)21(18(14)16)19-17(22)11-6-12-20-19;;;/h5-8,10-14H,1-4H3;2*3-8,10-12H,1-2H3;;;/q3*-1;;;. The van der Waals surface area contributed by atoms with Crippen LogP contribution in [0.5, 0.6) is 0 Å². The minimum Gasteiger partial charge on any atom is -0.256 e. The van der Waals surface area contributed by atoms with E-state index in [1.807, 2.05) is 24.7 Å². The smallest absolute Gasteiger partial charge is 0.116 e. The first kappa shape index (κ1) is 52.1. The van der Waals surface area contributed by atoms with Gasteiger partial charge in [-0.1, -0.05) is 156 Å². The number of nitrogens with zero attached hydrogens (tertiary/aromatic N) is 3. The molecule has 0 N–H and O–H groups in total. The molecule has 0 bridgehead atoms. The second-order valence-corrected chi connectivity index (χ2v) is 44.3. The first-order chi connectivity index (χ1) is 33.3. The van der Waals surface area contributed by atoms with E-state index in [1.54, 1.807) is 46.7 Å². The van der Waals surface area contributed by atoms with Crippen LogP contribution >= 0.6 is 23.0 Å². The summed E-state index contributed by atoms with van der Waals surface area (Å²) in [5.74, 6) is 0. The zero-order valence-corrected chi connectivity index (χ0v) is 55.1. The Balaban J connectivity index is 0.000000122. The van der Waals surface area contributed by atoms with Crippen molar-refractivity contribution < 1.29 is 60.3 Å². The van der Waals surface area contributed by atoms with E-state index in [0.29, 0.717) is 0 Å². The molecule has 0 amide bonds. The van der Waals surface area contributed by atoms with E-state index in [9.17, 15) is 0 Å². The van der Waals surface area contributed by atoms with Gasteiger partial charge in [-0.05, 0) is 62.7 Å². The summed E-state index contributed by atoms with van der Waals surface area (Å²) in [6, 6.07) is 64.4. The van der Waals surface area contributed by atoms with Crippen molar-refractivity contribution in [3.63, 3.8) is 0 Å². The van der Waals surface area contributed by atoms with Gasteiger partial charge in [-0.2, -0.15) is 72.8 Å². The summed E-state index contributed by atoms with van der Waals surface area (Å²) < 4.78 is 0. The summed E-state index contributed by atoms with van der Waals surface area (Å²) in [6.45, 7) is 19.9. The fraction of sp³-hybridized carbons (Fsp3) is 0.136. The number of aromatic nitrogens is 3. The largest absolute Gasteiger partial charge is 0.256 e. The molecule has 6 aromatic carbocycles. The predicted molar refractivity (Wildman–Crippen MR) is 313 cm³/mol. The second-order valence-electron chi connectivity index (χ2n) is 21.0. The quantitative estimate of drug-likeness (QED) is 0.0864. The van der Waals surface area contributed by atoms with E-state index < -0.39 is 55.3 Å². The molecule has 9 heterocycles. The fourth-order valence-corrected chi connectivity index (χ4v) is 40.0. The van der Waals surface area contributed by atoms with E-state index in [1.165, 1.54) is 63.8 Å². The minimum absolute atomic E-state index is 0. The maximum atomic E-state index is 4.95. The minimum atomic E-state index is -1.71. The third-order valence-electron chi connectivity index (χ3n) is 15.9. The van der Waals surface area contributed by atoms with E-state index in [0.717, 1.165) is 0 Å². The van der Waals surface area contributed by atoms with Crippen LogP contribution < -0.4 is 57.5 Å². The van der Waals surface area contributed by atoms with Crippen molar-refractivity contribution >= 4 is 155 Å². The molecule has 0 fully saturated rings. The Labute approximate surface area is 471 Å².